The minimum Gasteiger partial charge on any atom is -0.448 e. The van der Waals surface area contributed by atoms with E-state index in [0.717, 1.165) is 25.0 Å². The molecular formula is C18H26N4O2. The zero-order valence-corrected chi connectivity index (χ0v) is 14.4. The molecule has 1 atom stereocenters. The molecule has 1 amide bonds. The molecule has 2 aromatic heterocycles. The van der Waals surface area contributed by atoms with Crippen LogP contribution in [0.15, 0.2) is 30.6 Å². The van der Waals surface area contributed by atoms with E-state index < -0.39 is 0 Å². The van der Waals surface area contributed by atoms with Crippen molar-refractivity contribution >= 4 is 11.6 Å². The second-order valence-corrected chi connectivity index (χ2v) is 6.72. The van der Waals surface area contributed by atoms with Gasteiger partial charge in [0.1, 0.15) is 6.61 Å². The Morgan fingerprint density at radius 1 is 1.42 bits per heavy atom. The lowest BCUT2D eigenvalue weighted by atomic mass is 10.0. The maximum absolute atomic E-state index is 11.7. The topological polar surface area (TPSA) is 58.9 Å². The third-order valence-electron chi connectivity index (χ3n) is 4.44. The van der Waals surface area contributed by atoms with Gasteiger partial charge >= 0.3 is 6.09 Å². The maximum Gasteiger partial charge on any atom is 0.407 e. The minimum absolute atomic E-state index is 0.0961. The van der Waals surface area contributed by atoms with Crippen LogP contribution in [0, 0.1) is 0 Å². The van der Waals surface area contributed by atoms with E-state index in [1.165, 1.54) is 18.4 Å². The standard InChI is InChI=1S/C18H26N4O2/c1-14(2)20-18(23)24-13-16-7-3-5-9-21(16)12-15-11-19-22-10-6-4-8-17(15)22/h4,6,8,10-11,14,16H,3,5,7,9,12-13H2,1-2H3,(H,20,23)/t16-/m1/s1. The fourth-order valence-corrected chi connectivity index (χ4v) is 3.23. The van der Waals surface area contributed by atoms with Crippen molar-refractivity contribution in [2.24, 2.45) is 0 Å². The number of ether oxygens (including phenoxy) is 1. The van der Waals surface area contributed by atoms with Crippen molar-refractivity contribution in [3.05, 3.63) is 36.2 Å². The van der Waals surface area contributed by atoms with Crippen molar-refractivity contribution in [1.29, 1.82) is 0 Å². The number of rotatable bonds is 5. The molecule has 130 valence electrons. The number of alkyl carbamates (subject to hydrolysis) is 1. The quantitative estimate of drug-likeness (QED) is 0.916. The predicted molar refractivity (Wildman–Crippen MR) is 92.9 cm³/mol. The summed E-state index contributed by atoms with van der Waals surface area (Å²) in [6.45, 7) is 6.17. The summed E-state index contributed by atoms with van der Waals surface area (Å²) in [5, 5.41) is 7.18. The van der Waals surface area contributed by atoms with Crippen LogP contribution in [0.4, 0.5) is 4.79 Å². The van der Waals surface area contributed by atoms with Crippen molar-refractivity contribution in [1.82, 2.24) is 19.8 Å². The number of nitrogens with zero attached hydrogens (tertiary/aromatic N) is 3. The lowest BCUT2D eigenvalue weighted by molar-refractivity contribution is 0.0634. The van der Waals surface area contributed by atoms with Crippen molar-refractivity contribution in [3.8, 4) is 0 Å². The third-order valence-corrected chi connectivity index (χ3v) is 4.44. The van der Waals surface area contributed by atoms with E-state index in [-0.39, 0.29) is 18.2 Å². The molecule has 0 bridgehead atoms. The molecule has 3 rings (SSSR count). The van der Waals surface area contributed by atoms with Crippen LogP contribution in [0.1, 0.15) is 38.7 Å². The Labute approximate surface area is 142 Å². The number of likely N-dealkylation sites (tertiary alicyclic amines) is 1. The van der Waals surface area contributed by atoms with E-state index in [1.807, 2.05) is 42.9 Å². The van der Waals surface area contributed by atoms with Gasteiger partial charge in [0.25, 0.3) is 0 Å². The highest BCUT2D eigenvalue weighted by Crippen LogP contribution is 2.22. The van der Waals surface area contributed by atoms with Crippen molar-refractivity contribution in [2.75, 3.05) is 13.2 Å². The Kier molecular flexibility index (Phi) is 5.35. The van der Waals surface area contributed by atoms with Gasteiger partial charge in [-0.2, -0.15) is 5.10 Å². The highest BCUT2D eigenvalue weighted by Gasteiger charge is 2.24. The van der Waals surface area contributed by atoms with Gasteiger partial charge in [-0.25, -0.2) is 9.31 Å². The average molecular weight is 330 g/mol. The Hall–Kier alpha value is -2.08. The summed E-state index contributed by atoms with van der Waals surface area (Å²) in [6.07, 6.45) is 7.01. The van der Waals surface area contributed by atoms with Gasteiger partial charge in [-0.15, -0.1) is 0 Å². The van der Waals surface area contributed by atoms with Gasteiger partial charge in [-0.05, 0) is 45.4 Å². The van der Waals surface area contributed by atoms with Crippen molar-refractivity contribution in [3.63, 3.8) is 0 Å². The molecule has 1 N–H and O–H groups in total. The second kappa shape index (κ2) is 7.66. The molecular weight excluding hydrogens is 304 g/mol. The van der Waals surface area contributed by atoms with Crippen LogP contribution in [-0.4, -0.2) is 45.8 Å². The van der Waals surface area contributed by atoms with Gasteiger partial charge in [0, 0.05) is 30.4 Å². The highest BCUT2D eigenvalue weighted by atomic mass is 16.5. The van der Waals surface area contributed by atoms with E-state index in [2.05, 4.69) is 21.4 Å². The summed E-state index contributed by atoms with van der Waals surface area (Å²) in [5.41, 5.74) is 2.36. The van der Waals surface area contributed by atoms with Gasteiger partial charge in [-0.3, -0.25) is 4.90 Å². The number of aromatic nitrogens is 2. The number of pyridine rings is 1. The first-order valence-corrected chi connectivity index (χ1v) is 8.72. The molecule has 3 heterocycles. The van der Waals surface area contributed by atoms with Gasteiger partial charge in [0.15, 0.2) is 0 Å². The van der Waals surface area contributed by atoms with Crippen LogP contribution in [-0.2, 0) is 11.3 Å². The molecule has 0 saturated carbocycles. The second-order valence-electron chi connectivity index (χ2n) is 6.72. The largest absolute Gasteiger partial charge is 0.448 e. The normalized spacial score (nSPS) is 18.9. The van der Waals surface area contributed by atoms with Crippen molar-refractivity contribution in [2.45, 2.75) is 51.7 Å². The SMILES string of the molecule is CC(C)NC(=O)OC[C@H]1CCCCN1Cc1cnn2ccccc12. The van der Waals surface area contributed by atoms with Crippen LogP contribution in [0.25, 0.3) is 5.52 Å². The monoisotopic (exact) mass is 330 g/mol. The molecule has 1 aliphatic rings. The smallest absolute Gasteiger partial charge is 0.407 e. The molecule has 0 aliphatic carbocycles. The summed E-state index contributed by atoms with van der Waals surface area (Å²) in [5.74, 6) is 0. The number of piperidine rings is 1. The fraction of sp³-hybridized carbons (Fsp3) is 0.556. The first-order valence-electron chi connectivity index (χ1n) is 8.72. The minimum atomic E-state index is -0.327. The maximum atomic E-state index is 11.7. The van der Waals surface area contributed by atoms with E-state index in [4.69, 9.17) is 4.74 Å². The van der Waals surface area contributed by atoms with Gasteiger partial charge in [0.2, 0.25) is 0 Å². The molecule has 0 spiro atoms. The van der Waals surface area contributed by atoms with E-state index >= 15 is 0 Å². The Morgan fingerprint density at radius 3 is 3.12 bits per heavy atom. The molecule has 24 heavy (non-hydrogen) atoms. The molecule has 6 heteroatoms. The molecule has 2 aromatic rings. The van der Waals surface area contributed by atoms with Crippen LogP contribution in [0.3, 0.4) is 0 Å². The highest BCUT2D eigenvalue weighted by molar-refractivity contribution is 5.67. The number of nitrogens with one attached hydrogen (secondary N) is 1. The molecule has 0 radical (unpaired) electrons. The molecule has 6 nitrogen and oxygen atoms in total. The number of carbonyl (C=O) groups excluding carboxylic acids is 1. The zero-order chi connectivity index (χ0) is 16.9. The lowest BCUT2D eigenvalue weighted by Gasteiger charge is -2.35. The molecule has 1 fully saturated rings. The average Bonchev–Trinajstić information content (AvgIpc) is 2.97. The summed E-state index contributed by atoms with van der Waals surface area (Å²) >= 11 is 0. The Bertz CT molecular complexity index is 682. The van der Waals surface area contributed by atoms with Gasteiger partial charge < -0.3 is 10.1 Å². The molecule has 0 unspecified atom stereocenters. The summed E-state index contributed by atoms with van der Waals surface area (Å²) in [4.78, 5) is 14.1. The first kappa shape index (κ1) is 16.8. The van der Waals surface area contributed by atoms with Crippen LogP contribution in [0.5, 0.6) is 0 Å². The Balaban J connectivity index is 1.63. The lowest BCUT2D eigenvalue weighted by Crippen LogP contribution is -2.43. The first-order chi connectivity index (χ1) is 11.6. The number of hydrogen-bond donors (Lipinski definition) is 1. The van der Waals surface area contributed by atoms with Crippen LogP contribution in [0.2, 0.25) is 0 Å². The Morgan fingerprint density at radius 2 is 2.29 bits per heavy atom. The summed E-state index contributed by atoms with van der Waals surface area (Å²) in [6, 6.07) is 6.48. The van der Waals surface area contributed by atoms with E-state index in [9.17, 15) is 4.79 Å². The number of amides is 1. The summed E-state index contributed by atoms with van der Waals surface area (Å²) in [7, 11) is 0. The van der Waals surface area contributed by atoms with Gasteiger partial charge in [-0.1, -0.05) is 12.5 Å². The van der Waals surface area contributed by atoms with Crippen molar-refractivity contribution < 1.29 is 9.53 Å². The number of fused-ring (bicyclic) bond motifs is 1. The summed E-state index contributed by atoms with van der Waals surface area (Å²) < 4.78 is 7.32. The number of carbonyl (C=O) groups is 1. The third kappa shape index (κ3) is 4.06. The molecule has 0 aromatic carbocycles. The van der Waals surface area contributed by atoms with E-state index in [1.54, 1.807) is 0 Å². The van der Waals surface area contributed by atoms with Crippen LogP contribution >= 0.6 is 0 Å². The molecule has 1 aliphatic heterocycles. The molecule has 1 saturated heterocycles. The van der Waals surface area contributed by atoms with Crippen LogP contribution < -0.4 is 5.32 Å². The predicted octanol–water partition coefficient (Wildman–Crippen LogP) is 2.82. The van der Waals surface area contributed by atoms with Gasteiger partial charge in [0.05, 0.1) is 11.7 Å². The number of hydrogen-bond acceptors (Lipinski definition) is 4. The van der Waals surface area contributed by atoms with E-state index in [0.29, 0.717) is 6.61 Å². The zero-order valence-electron chi connectivity index (χ0n) is 14.4. The fourth-order valence-electron chi connectivity index (χ4n) is 3.23.